The number of halogens is 1. The van der Waals surface area contributed by atoms with E-state index in [1.165, 1.54) is 4.90 Å². The number of nitrogens with one attached hydrogen (secondary N) is 2. The van der Waals surface area contributed by atoms with Gasteiger partial charge in [0.15, 0.2) is 5.11 Å². The van der Waals surface area contributed by atoms with Crippen molar-refractivity contribution in [3.8, 4) is 0 Å². The average Bonchev–Trinajstić information content (AvgIpc) is 3.11. The fourth-order valence-corrected chi connectivity index (χ4v) is 3.89. The molecule has 0 saturated carbocycles. The molecule has 0 aliphatic carbocycles. The van der Waals surface area contributed by atoms with E-state index in [0.29, 0.717) is 18.1 Å². The molecule has 0 unspecified atom stereocenters. The van der Waals surface area contributed by atoms with Crippen molar-refractivity contribution < 1.29 is 4.79 Å². The molecule has 1 aliphatic heterocycles. The topological polar surface area (TPSA) is 44.4 Å². The van der Waals surface area contributed by atoms with Gasteiger partial charge in [-0.2, -0.15) is 0 Å². The summed E-state index contributed by atoms with van der Waals surface area (Å²) in [5.74, 6) is 1.13. The van der Waals surface area contributed by atoms with Gasteiger partial charge in [0.2, 0.25) is 5.91 Å². The molecule has 4 nitrogen and oxygen atoms in total. The number of benzene rings is 2. The van der Waals surface area contributed by atoms with Crippen molar-refractivity contribution in [1.29, 1.82) is 0 Å². The Labute approximate surface area is 174 Å². The van der Waals surface area contributed by atoms with E-state index in [-0.39, 0.29) is 5.91 Å². The van der Waals surface area contributed by atoms with Crippen molar-refractivity contribution in [1.82, 2.24) is 10.6 Å². The minimum absolute atomic E-state index is 0.211. The molecule has 27 heavy (non-hydrogen) atoms. The van der Waals surface area contributed by atoms with E-state index in [1.807, 2.05) is 53.4 Å². The van der Waals surface area contributed by atoms with Crippen molar-refractivity contribution in [2.75, 3.05) is 23.7 Å². The van der Waals surface area contributed by atoms with Crippen LogP contribution in [0.15, 0.2) is 53.4 Å². The molecule has 2 aromatic rings. The van der Waals surface area contributed by atoms with Crippen molar-refractivity contribution in [2.24, 2.45) is 0 Å². The maximum absolute atomic E-state index is 11.8. The van der Waals surface area contributed by atoms with E-state index >= 15 is 0 Å². The molecule has 1 saturated heterocycles. The first-order chi connectivity index (χ1) is 13.1. The number of carbonyl (C=O) groups is 1. The third kappa shape index (κ3) is 6.13. The van der Waals surface area contributed by atoms with E-state index in [1.54, 1.807) is 11.8 Å². The predicted molar refractivity (Wildman–Crippen MR) is 118 cm³/mol. The number of hydrogen-bond donors (Lipinski definition) is 2. The maximum Gasteiger partial charge on any atom is 0.227 e. The van der Waals surface area contributed by atoms with E-state index < -0.39 is 0 Å². The van der Waals surface area contributed by atoms with Crippen molar-refractivity contribution >= 4 is 52.3 Å². The van der Waals surface area contributed by atoms with Gasteiger partial charge in [0, 0.05) is 47.4 Å². The zero-order valence-electron chi connectivity index (χ0n) is 14.9. The lowest BCUT2D eigenvalue weighted by Crippen LogP contribution is -2.36. The first-order valence-corrected chi connectivity index (χ1v) is 10.7. The highest BCUT2D eigenvalue weighted by Gasteiger charge is 2.21. The molecule has 0 atom stereocenters. The zero-order chi connectivity index (χ0) is 19.1. The van der Waals surface area contributed by atoms with Crippen molar-refractivity contribution in [2.45, 2.75) is 24.3 Å². The second-order valence-electron chi connectivity index (χ2n) is 6.23. The summed E-state index contributed by atoms with van der Waals surface area (Å²) in [5.41, 5.74) is 2.10. The fraction of sp³-hybridized carbons (Fsp3) is 0.300. The molecule has 142 valence electrons. The molecular formula is C20H22ClN3OS2. The normalized spacial score (nSPS) is 13.7. The summed E-state index contributed by atoms with van der Waals surface area (Å²) in [6.07, 6.45) is 1.60. The van der Waals surface area contributed by atoms with Gasteiger partial charge in [-0.15, -0.1) is 11.8 Å². The van der Waals surface area contributed by atoms with Crippen LogP contribution >= 0.6 is 35.6 Å². The predicted octanol–water partition coefficient (Wildman–Crippen LogP) is 4.22. The highest BCUT2D eigenvalue weighted by atomic mass is 35.5. The molecule has 2 aromatic carbocycles. The molecule has 1 heterocycles. The molecule has 1 aliphatic rings. The van der Waals surface area contributed by atoms with Gasteiger partial charge in [-0.3, -0.25) is 4.79 Å². The summed E-state index contributed by atoms with van der Waals surface area (Å²) in [6.45, 7) is 2.26. The molecule has 0 spiro atoms. The summed E-state index contributed by atoms with van der Waals surface area (Å²) in [7, 11) is 0. The molecule has 1 fully saturated rings. The quantitative estimate of drug-likeness (QED) is 0.399. The lowest BCUT2D eigenvalue weighted by atomic mass is 10.2. The van der Waals surface area contributed by atoms with Crippen LogP contribution < -0.4 is 15.5 Å². The minimum atomic E-state index is 0.211. The van der Waals surface area contributed by atoms with Gasteiger partial charge in [-0.25, -0.2) is 0 Å². The molecule has 1 amide bonds. The number of thiocarbonyl (C=S) groups is 1. The Kier molecular flexibility index (Phi) is 7.38. The summed E-state index contributed by atoms with van der Waals surface area (Å²) < 4.78 is 0. The van der Waals surface area contributed by atoms with Crippen LogP contribution in [0.3, 0.4) is 0 Å². The Morgan fingerprint density at radius 1 is 1.11 bits per heavy atom. The maximum atomic E-state index is 11.8. The van der Waals surface area contributed by atoms with Crippen LogP contribution in [0.4, 0.5) is 5.69 Å². The van der Waals surface area contributed by atoms with Crippen LogP contribution in [-0.4, -0.2) is 29.9 Å². The Bertz CT molecular complexity index is 781. The third-order valence-corrected chi connectivity index (χ3v) is 5.80. The van der Waals surface area contributed by atoms with Gasteiger partial charge in [0.05, 0.1) is 0 Å². The monoisotopic (exact) mass is 419 g/mol. The molecule has 2 N–H and O–H groups in total. The Morgan fingerprint density at radius 3 is 2.52 bits per heavy atom. The van der Waals surface area contributed by atoms with Gasteiger partial charge in [0.1, 0.15) is 0 Å². The van der Waals surface area contributed by atoms with Crippen LogP contribution in [0.5, 0.6) is 0 Å². The number of rotatable bonds is 7. The van der Waals surface area contributed by atoms with E-state index in [0.717, 1.165) is 41.5 Å². The molecule has 7 heteroatoms. The summed E-state index contributed by atoms with van der Waals surface area (Å²) in [6, 6.07) is 15.9. The Hall–Kier alpha value is -1.76. The van der Waals surface area contributed by atoms with Gasteiger partial charge in [-0.1, -0.05) is 23.7 Å². The van der Waals surface area contributed by atoms with Gasteiger partial charge >= 0.3 is 0 Å². The number of nitrogens with zero attached hydrogens (tertiary/aromatic N) is 1. The molecule has 3 rings (SSSR count). The van der Waals surface area contributed by atoms with Crippen molar-refractivity contribution in [3.05, 3.63) is 59.1 Å². The van der Waals surface area contributed by atoms with Crippen LogP contribution in [0.1, 0.15) is 18.4 Å². The van der Waals surface area contributed by atoms with Gasteiger partial charge in [-0.05, 0) is 60.6 Å². The summed E-state index contributed by atoms with van der Waals surface area (Å²) in [5, 5.41) is 7.83. The number of thioether (sulfide) groups is 1. The fourth-order valence-electron chi connectivity index (χ4n) is 2.82. The highest BCUT2D eigenvalue weighted by molar-refractivity contribution is 7.99. The van der Waals surface area contributed by atoms with E-state index in [2.05, 4.69) is 10.6 Å². The van der Waals surface area contributed by atoms with Crippen LogP contribution in [0, 0.1) is 0 Å². The first kappa shape index (κ1) is 20.0. The standard InChI is InChI=1S/C20H22ClN3OS2/c21-16-5-9-18(10-6-16)27-13-11-22-20(26)23-14-15-3-7-17(8-4-15)24-12-1-2-19(24)25/h3-10H,1-2,11-14H2,(H2,22,23,26). The first-order valence-electron chi connectivity index (χ1n) is 8.91. The number of hydrogen-bond acceptors (Lipinski definition) is 3. The van der Waals surface area contributed by atoms with Gasteiger partial charge < -0.3 is 15.5 Å². The summed E-state index contributed by atoms with van der Waals surface area (Å²) >= 11 is 13.0. The zero-order valence-corrected chi connectivity index (χ0v) is 17.3. The number of amides is 1. The van der Waals surface area contributed by atoms with Crippen LogP contribution in [0.2, 0.25) is 5.02 Å². The second kappa shape index (κ2) is 9.97. The average molecular weight is 420 g/mol. The summed E-state index contributed by atoms with van der Waals surface area (Å²) in [4.78, 5) is 14.8. The Balaban J connectivity index is 1.35. The third-order valence-electron chi connectivity index (χ3n) is 4.24. The van der Waals surface area contributed by atoms with Crippen LogP contribution in [-0.2, 0) is 11.3 Å². The van der Waals surface area contributed by atoms with E-state index in [4.69, 9.17) is 23.8 Å². The van der Waals surface area contributed by atoms with Crippen LogP contribution in [0.25, 0.3) is 0 Å². The molecule has 0 bridgehead atoms. The number of carbonyl (C=O) groups excluding carboxylic acids is 1. The highest BCUT2D eigenvalue weighted by Crippen LogP contribution is 2.21. The minimum Gasteiger partial charge on any atom is -0.362 e. The SMILES string of the molecule is O=C1CCCN1c1ccc(CNC(=S)NCCSc2ccc(Cl)cc2)cc1. The lowest BCUT2D eigenvalue weighted by Gasteiger charge is -2.16. The molecule has 0 aromatic heterocycles. The lowest BCUT2D eigenvalue weighted by molar-refractivity contribution is -0.117. The second-order valence-corrected chi connectivity index (χ2v) is 8.24. The smallest absolute Gasteiger partial charge is 0.227 e. The molecule has 0 radical (unpaired) electrons. The van der Waals surface area contributed by atoms with E-state index in [9.17, 15) is 4.79 Å². The largest absolute Gasteiger partial charge is 0.362 e. The van der Waals surface area contributed by atoms with Gasteiger partial charge in [0.25, 0.3) is 0 Å². The van der Waals surface area contributed by atoms with Crippen molar-refractivity contribution in [3.63, 3.8) is 0 Å². The number of anilines is 1. The Morgan fingerprint density at radius 2 is 1.85 bits per heavy atom. The molecular weight excluding hydrogens is 398 g/mol.